The van der Waals surface area contributed by atoms with Gasteiger partial charge < -0.3 is 14.7 Å². The number of benzene rings is 1. The summed E-state index contributed by atoms with van der Waals surface area (Å²) in [5.41, 5.74) is -0.0256. The highest BCUT2D eigenvalue weighted by molar-refractivity contribution is 6.42. The van der Waals surface area contributed by atoms with Gasteiger partial charge in [-0.25, -0.2) is 14.6 Å². The van der Waals surface area contributed by atoms with Crippen molar-refractivity contribution in [3.05, 3.63) is 68.9 Å². The van der Waals surface area contributed by atoms with Crippen molar-refractivity contribution in [2.24, 2.45) is 0 Å². The van der Waals surface area contributed by atoms with E-state index in [4.69, 9.17) is 27.9 Å². The molecule has 2 aromatic heterocycles. The van der Waals surface area contributed by atoms with Crippen LogP contribution in [0.15, 0.2) is 36.7 Å². The normalized spacial score (nSPS) is 10.6. The average molecular weight is 408 g/mol. The van der Waals surface area contributed by atoms with Gasteiger partial charge in [0.05, 0.1) is 22.7 Å². The number of halogens is 2. The molecule has 10 heteroatoms. The van der Waals surface area contributed by atoms with Crippen molar-refractivity contribution in [3.8, 4) is 0 Å². The molecule has 0 aliphatic heterocycles. The van der Waals surface area contributed by atoms with Crippen LogP contribution in [0.4, 0.5) is 0 Å². The van der Waals surface area contributed by atoms with Gasteiger partial charge in [-0.05, 0) is 18.2 Å². The minimum absolute atomic E-state index is 0.0222. The van der Waals surface area contributed by atoms with Gasteiger partial charge in [0, 0.05) is 18.5 Å². The van der Waals surface area contributed by atoms with E-state index in [1.54, 1.807) is 0 Å². The molecule has 0 aliphatic carbocycles. The highest BCUT2D eigenvalue weighted by atomic mass is 35.5. The fourth-order valence-corrected chi connectivity index (χ4v) is 2.63. The second kappa shape index (κ2) is 7.73. The first-order valence-corrected chi connectivity index (χ1v) is 8.24. The third kappa shape index (κ3) is 3.76. The Bertz CT molecular complexity index is 1040. The Kier molecular flexibility index (Phi) is 5.38. The maximum Gasteiger partial charge on any atom is 0.406 e. The molecular weight excluding hydrogens is 397 g/mol. The Balaban J connectivity index is 2.03. The van der Waals surface area contributed by atoms with Crippen LogP contribution in [-0.4, -0.2) is 29.0 Å². The lowest BCUT2D eigenvalue weighted by Crippen LogP contribution is -2.38. The molecule has 0 saturated heterocycles. The van der Waals surface area contributed by atoms with E-state index in [1.165, 1.54) is 36.7 Å². The number of esters is 2. The molecule has 0 bridgehead atoms. The number of hydrogen-bond acceptors (Lipinski definition) is 7. The van der Waals surface area contributed by atoms with Crippen LogP contribution in [0.25, 0.3) is 11.0 Å². The van der Waals surface area contributed by atoms with Gasteiger partial charge in [-0.15, -0.1) is 0 Å². The van der Waals surface area contributed by atoms with E-state index >= 15 is 0 Å². The van der Waals surface area contributed by atoms with E-state index in [0.717, 1.165) is 7.11 Å². The predicted molar refractivity (Wildman–Crippen MR) is 95.4 cm³/mol. The Morgan fingerprint density at radius 3 is 2.48 bits per heavy atom. The number of ether oxygens (including phenoxy) is 2. The molecule has 138 valence electrons. The first-order chi connectivity index (χ1) is 12.9. The Hall–Kier alpha value is -2.97. The number of carbonyl (C=O) groups excluding carboxylic acids is 2. The minimum Gasteiger partial charge on any atom is -0.618 e. The van der Waals surface area contributed by atoms with Crippen molar-refractivity contribution in [1.82, 2.24) is 9.97 Å². The SMILES string of the molecule is COC(=O)c1c(COC(=O)c2ccncc2)nc2cc(Cl)c(Cl)cc2[n+]1[O-]. The average Bonchev–Trinajstić information content (AvgIpc) is 2.68. The Morgan fingerprint density at radius 1 is 1.15 bits per heavy atom. The summed E-state index contributed by atoms with van der Waals surface area (Å²) in [5, 5.41) is 13.0. The number of methoxy groups -OCH3 is 1. The van der Waals surface area contributed by atoms with Gasteiger partial charge in [-0.2, -0.15) is 4.73 Å². The van der Waals surface area contributed by atoms with Crippen molar-refractivity contribution in [2.75, 3.05) is 7.11 Å². The number of carbonyl (C=O) groups is 2. The third-order valence-electron chi connectivity index (χ3n) is 3.60. The largest absolute Gasteiger partial charge is 0.618 e. The summed E-state index contributed by atoms with van der Waals surface area (Å²) in [7, 11) is 1.12. The van der Waals surface area contributed by atoms with Crippen molar-refractivity contribution in [3.63, 3.8) is 0 Å². The van der Waals surface area contributed by atoms with Gasteiger partial charge in [0.1, 0.15) is 12.1 Å². The summed E-state index contributed by atoms with van der Waals surface area (Å²) in [5.74, 6) is -1.60. The zero-order chi connectivity index (χ0) is 19.6. The third-order valence-corrected chi connectivity index (χ3v) is 4.33. The Labute approximate surface area is 162 Å². The summed E-state index contributed by atoms with van der Waals surface area (Å²) >= 11 is 11.9. The fourth-order valence-electron chi connectivity index (χ4n) is 2.32. The van der Waals surface area contributed by atoms with Crippen molar-refractivity contribution < 1.29 is 23.8 Å². The van der Waals surface area contributed by atoms with Crippen LogP contribution >= 0.6 is 23.2 Å². The molecule has 0 radical (unpaired) electrons. The van der Waals surface area contributed by atoms with Gasteiger partial charge in [0.25, 0.3) is 0 Å². The first-order valence-electron chi connectivity index (χ1n) is 7.49. The number of pyridine rings is 1. The second-order valence-corrected chi connectivity index (χ2v) is 6.07. The van der Waals surface area contributed by atoms with Crippen molar-refractivity contribution in [2.45, 2.75) is 6.61 Å². The fraction of sp³-hybridized carbons (Fsp3) is 0.118. The summed E-state index contributed by atoms with van der Waals surface area (Å²) in [6.45, 7) is -0.427. The molecule has 3 rings (SSSR count). The number of nitrogens with zero attached hydrogens (tertiary/aromatic N) is 3. The van der Waals surface area contributed by atoms with E-state index in [9.17, 15) is 14.8 Å². The molecule has 0 saturated carbocycles. The van der Waals surface area contributed by atoms with Crippen LogP contribution in [0.3, 0.4) is 0 Å². The summed E-state index contributed by atoms with van der Waals surface area (Å²) in [4.78, 5) is 32.2. The molecule has 8 nitrogen and oxygen atoms in total. The van der Waals surface area contributed by atoms with Crippen LogP contribution in [0.2, 0.25) is 10.0 Å². The van der Waals surface area contributed by atoms with Crippen molar-refractivity contribution >= 4 is 46.2 Å². The van der Waals surface area contributed by atoms with Crippen LogP contribution in [-0.2, 0) is 16.1 Å². The topological polar surface area (TPSA) is 105 Å². The number of rotatable bonds is 4. The lowest BCUT2D eigenvalue weighted by molar-refractivity contribution is -0.581. The maximum atomic E-state index is 12.7. The van der Waals surface area contributed by atoms with Crippen LogP contribution in [0.5, 0.6) is 0 Å². The highest BCUT2D eigenvalue weighted by Crippen LogP contribution is 2.26. The molecule has 2 heterocycles. The summed E-state index contributed by atoms with van der Waals surface area (Å²) < 4.78 is 10.1. The molecule has 27 heavy (non-hydrogen) atoms. The zero-order valence-electron chi connectivity index (χ0n) is 13.8. The standard InChI is InChI=1S/C17H11Cl2N3O5/c1-26-17(24)15-13(8-27-16(23)9-2-4-20-5-3-9)21-12-6-10(18)11(19)7-14(12)22(15)25/h2-7H,8H2,1H3. The van der Waals surface area contributed by atoms with Gasteiger partial charge in [-0.1, -0.05) is 23.2 Å². The Morgan fingerprint density at radius 2 is 1.81 bits per heavy atom. The lowest BCUT2D eigenvalue weighted by Gasteiger charge is -2.11. The van der Waals surface area contributed by atoms with Gasteiger partial charge in [0.2, 0.25) is 5.52 Å². The molecule has 3 aromatic rings. The smallest absolute Gasteiger partial charge is 0.406 e. The van der Waals surface area contributed by atoms with Crippen LogP contribution < -0.4 is 4.73 Å². The summed E-state index contributed by atoms with van der Waals surface area (Å²) in [6, 6.07) is 5.60. The van der Waals surface area contributed by atoms with Crippen LogP contribution in [0, 0.1) is 5.21 Å². The number of fused-ring (bicyclic) bond motifs is 1. The quantitative estimate of drug-likeness (QED) is 0.371. The number of aromatic nitrogens is 3. The second-order valence-electron chi connectivity index (χ2n) is 5.26. The molecule has 1 aromatic carbocycles. The molecule has 0 amide bonds. The molecule has 0 atom stereocenters. The predicted octanol–water partition coefficient (Wildman–Crippen LogP) is 2.71. The highest BCUT2D eigenvalue weighted by Gasteiger charge is 2.28. The molecule has 0 aliphatic rings. The first kappa shape index (κ1) is 18.8. The molecule has 0 N–H and O–H groups in total. The molecule has 0 spiro atoms. The van der Waals surface area contributed by atoms with E-state index in [0.29, 0.717) is 4.73 Å². The molecule has 0 fully saturated rings. The van der Waals surface area contributed by atoms with Gasteiger partial charge in [0.15, 0.2) is 5.69 Å². The lowest BCUT2D eigenvalue weighted by atomic mass is 10.2. The zero-order valence-corrected chi connectivity index (χ0v) is 15.3. The van der Waals surface area contributed by atoms with Crippen LogP contribution in [0.1, 0.15) is 26.5 Å². The van der Waals surface area contributed by atoms with E-state index in [-0.39, 0.29) is 32.3 Å². The molecule has 0 unspecified atom stereocenters. The summed E-state index contributed by atoms with van der Waals surface area (Å²) in [6.07, 6.45) is 2.87. The van der Waals surface area contributed by atoms with E-state index in [1.807, 2.05) is 0 Å². The number of hydrogen-bond donors (Lipinski definition) is 0. The van der Waals surface area contributed by atoms with E-state index < -0.39 is 24.2 Å². The minimum atomic E-state index is -0.930. The molecular formula is C17H11Cl2N3O5. The monoisotopic (exact) mass is 407 g/mol. The van der Waals surface area contributed by atoms with Gasteiger partial charge in [-0.3, -0.25) is 4.98 Å². The van der Waals surface area contributed by atoms with Crippen molar-refractivity contribution in [1.29, 1.82) is 0 Å². The van der Waals surface area contributed by atoms with Gasteiger partial charge >= 0.3 is 17.6 Å². The van der Waals surface area contributed by atoms with E-state index in [2.05, 4.69) is 14.7 Å². The maximum absolute atomic E-state index is 12.7.